The van der Waals surface area contributed by atoms with E-state index in [1.165, 1.54) is 0 Å². The van der Waals surface area contributed by atoms with Crippen LogP contribution in [0, 0.1) is 11.8 Å². The second-order valence-electron chi connectivity index (χ2n) is 10.0. The third-order valence-corrected chi connectivity index (χ3v) is 7.23. The molecule has 4 rings (SSSR count). The molecule has 0 radical (unpaired) electrons. The van der Waals surface area contributed by atoms with Crippen LogP contribution in [-0.4, -0.2) is 53.2 Å². The molecular formula is C28H34N2O5. The maximum absolute atomic E-state index is 13.4. The number of nitrogens with one attached hydrogen (secondary N) is 1. The predicted molar refractivity (Wildman–Crippen MR) is 133 cm³/mol. The van der Waals surface area contributed by atoms with Crippen LogP contribution in [0.2, 0.25) is 0 Å². The number of ether oxygens (including phenoxy) is 1. The zero-order chi connectivity index (χ0) is 25.1. The summed E-state index contributed by atoms with van der Waals surface area (Å²) in [5, 5.41) is 12.3. The van der Waals surface area contributed by atoms with E-state index < -0.39 is 30.1 Å². The summed E-state index contributed by atoms with van der Waals surface area (Å²) in [6.45, 7) is 6.41. The van der Waals surface area contributed by atoms with Crippen LogP contribution in [0.15, 0.2) is 48.5 Å². The van der Waals surface area contributed by atoms with E-state index in [2.05, 4.69) is 29.6 Å². The lowest BCUT2D eigenvalue weighted by atomic mass is 9.89. The van der Waals surface area contributed by atoms with Crippen molar-refractivity contribution in [3.63, 3.8) is 0 Å². The van der Waals surface area contributed by atoms with Crippen LogP contribution in [0.4, 0.5) is 4.79 Å². The maximum atomic E-state index is 13.4. The summed E-state index contributed by atoms with van der Waals surface area (Å²) in [6.07, 6.45) is 0.996. The average molecular weight is 479 g/mol. The lowest BCUT2D eigenvalue weighted by Gasteiger charge is -2.39. The summed E-state index contributed by atoms with van der Waals surface area (Å²) in [6, 6.07) is 15.1. The number of hydrogen-bond acceptors (Lipinski definition) is 4. The number of nitrogens with zero attached hydrogens (tertiary/aromatic N) is 1. The minimum absolute atomic E-state index is 0.0640. The zero-order valence-corrected chi connectivity index (χ0v) is 20.6. The third-order valence-electron chi connectivity index (χ3n) is 7.23. The van der Waals surface area contributed by atoms with Crippen LogP contribution in [0.5, 0.6) is 0 Å². The third kappa shape index (κ3) is 5.19. The molecule has 2 N–H and O–H groups in total. The fourth-order valence-electron chi connectivity index (χ4n) is 5.46. The van der Waals surface area contributed by atoms with Crippen molar-refractivity contribution in [2.75, 3.05) is 13.2 Å². The van der Waals surface area contributed by atoms with Gasteiger partial charge in [0.15, 0.2) is 0 Å². The van der Waals surface area contributed by atoms with Gasteiger partial charge in [-0.2, -0.15) is 0 Å². The van der Waals surface area contributed by atoms with Crippen LogP contribution < -0.4 is 5.32 Å². The van der Waals surface area contributed by atoms with Gasteiger partial charge in [0.25, 0.3) is 0 Å². The molecule has 1 heterocycles. The van der Waals surface area contributed by atoms with Gasteiger partial charge in [-0.3, -0.25) is 9.59 Å². The zero-order valence-electron chi connectivity index (χ0n) is 20.6. The number of likely N-dealkylation sites (tertiary alicyclic amines) is 1. The van der Waals surface area contributed by atoms with Gasteiger partial charge in [-0.05, 0) is 54.4 Å². The number of amides is 2. The Labute approximate surface area is 206 Å². The van der Waals surface area contributed by atoms with Crippen molar-refractivity contribution in [3.05, 3.63) is 59.7 Å². The first-order valence-corrected chi connectivity index (χ1v) is 12.4. The quantitative estimate of drug-likeness (QED) is 0.604. The van der Waals surface area contributed by atoms with Crippen molar-refractivity contribution >= 4 is 18.0 Å². The van der Waals surface area contributed by atoms with Gasteiger partial charge < -0.3 is 20.1 Å². The SMILES string of the molecule is CC(C)C[C@@H](NC(=O)OCC1c2ccccc2-c2ccccc21)C(=O)N1CCC[C@H](C(=O)O)[C@@H]1C. The highest BCUT2D eigenvalue weighted by atomic mass is 16.5. The number of carboxylic acid groups (broad SMARTS) is 1. The summed E-state index contributed by atoms with van der Waals surface area (Å²) in [7, 11) is 0. The fourth-order valence-corrected chi connectivity index (χ4v) is 5.46. The van der Waals surface area contributed by atoms with E-state index in [4.69, 9.17) is 4.74 Å². The summed E-state index contributed by atoms with van der Waals surface area (Å²) in [5.41, 5.74) is 4.55. The number of carbonyl (C=O) groups excluding carboxylic acids is 2. The molecule has 0 aromatic heterocycles. The second kappa shape index (κ2) is 10.5. The first kappa shape index (κ1) is 24.8. The predicted octanol–water partition coefficient (Wildman–Crippen LogP) is 4.65. The van der Waals surface area contributed by atoms with E-state index in [9.17, 15) is 19.5 Å². The standard InChI is InChI=1S/C28H34N2O5/c1-17(2)15-25(26(31)30-14-8-13-19(18(30)3)27(32)33)29-28(34)35-16-24-22-11-6-4-9-20(22)21-10-5-7-12-23(21)24/h4-7,9-12,17-19,24-25H,8,13-16H2,1-3H3,(H,29,34)(H,32,33)/t18-,19-,25+/m0/s1. The fraction of sp³-hybridized carbons (Fsp3) is 0.464. The summed E-state index contributed by atoms with van der Waals surface area (Å²) in [4.78, 5) is 39.5. The molecule has 7 heteroatoms. The topological polar surface area (TPSA) is 95.9 Å². The molecule has 1 saturated heterocycles. The molecule has 2 aromatic rings. The van der Waals surface area contributed by atoms with E-state index in [-0.39, 0.29) is 24.3 Å². The van der Waals surface area contributed by atoms with Crippen LogP contribution in [-0.2, 0) is 14.3 Å². The molecule has 1 fully saturated rings. The molecule has 0 spiro atoms. The number of benzene rings is 2. The van der Waals surface area contributed by atoms with Gasteiger partial charge in [0.1, 0.15) is 12.6 Å². The molecule has 2 amide bonds. The average Bonchev–Trinajstić information content (AvgIpc) is 3.15. The van der Waals surface area contributed by atoms with E-state index in [1.807, 2.05) is 38.1 Å². The summed E-state index contributed by atoms with van der Waals surface area (Å²) >= 11 is 0. The minimum atomic E-state index is -0.889. The summed E-state index contributed by atoms with van der Waals surface area (Å²) in [5.74, 6) is -1.63. The molecule has 35 heavy (non-hydrogen) atoms. The van der Waals surface area contributed by atoms with E-state index in [0.717, 1.165) is 22.3 Å². The first-order valence-electron chi connectivity index (χ1n) is 12.4. The van der Waals surface area contributed by atoms with Crippen molar-refractivity contribution < 1.29 is 24.2 Å². The lowest BCUT2D eigenvalue weighted by Crippen LogP contribution is -2.56. The van der Waals surface area contributed by atoms with Gasteiger partial charge in [-0.25, -0.2) is 4.79 Å². The van der Waals surface area contributed by atoms with Crippen molar-refractivity contribution in [3.8, 4) is 11.1 Å². The molecule has 186 valence electrons. The number of carboxylic acids is 1. The van der Waals surface area contributed by atoms with Gasteiger partial charge in [-0.1, -0.05) is 62.4 Å². The van der Waals surface area contributed by atoms with Crippen molar-refractivity contribution in [2.45, 2.75) is 58.0 Å². The number of fused-ring (bicyclic) bond motifs is 3. The van der Waals surface area contributed by atoms with Crippen LogP contribution >= 0.6 is 0 Å². The molecule has 1 aliphatic carbocycles. The van der Waals surface area contributed by atoms with Gasteiger partial charge in [0, 0.05) is 18.5 Å². The molecule has 1 aliphatic heterocycles. The Morgan fingerprint density at radius 2 is 1.66 bits per heavy atom. The van der Waals surface area contributed by atoms with Crippen molar-refractivity contribution in [1.29, 1.82) is 0 Å². The highest BCUT2D eigenvalue weighted by Crippen LogP contribution is 2.44. The Hall–Kier alpha value is -3.35. The minimum Gasteiger partial charge on any atom is -0.481 e. The number of rotatable bonds is 7. The van der Waals surface area contributed by atoms with Gasteiger partial charge in [0.2, 0.25) is 5.91 Å². The van der Waals surface area contributed by atoms with Crippen LogP contribution in [0.3, 0.4) is 0 Å². The second-order valence-corrected chi connectivity index (χ2v) is 10.0. The normalized spacial score (nSPS) is 20.2. The Bertz CT molecular complexity index is 1050. The smallest absolute Gasteiger partial charge is 0.407 e. The largest absolute Gasteiger partial charge is 0.481 e. The van der Waals surface area contributed by atoms with E-state index >= 15 is 0 Å². The number of piperidine rings is 1. The van der Waals surface area contributed by atoms with Crippen molar-refractivity contribution in [2.24, 2.45) is 11.8 Å². The lowest BCUT2D eigenvalue weighted by molar-refractivity contribution is -0.150. The Morgan fingerprint density at radius 3 is 2.23 bits per heavy atom. The van der Waals surface area contributed by atoms with Crippen molar-refractivity contribution in [1.82, 2.24) is 10.2 Å². The molecule has 0 bridgehead atoms. The maximum Gasteiger partial charge on any atom is 0.407 e. The van der Waals surface area contributed by atoms with E-state index in [0.29, 0.717) is 25.8 Å². The molecule has 2 aromatic carbocycles. The highest BCUT2D eigenvalue weighted by Gasteiger charge is 2.38. The molecule has 2 aliphatic rings. The number of aliphatic carboxylic acids is 1. The van der Waals surface area contributed by atoms with E-state index in [1.54, 1.807) is 11.8 Å². The molecule has 7 nitrogen and oxygen atoms in total. The highest BCUT2D eigenvalue weighted by molar-refractivity contribution is 5.87. The molecule has 0 saturated carbocycles. The number of carbonyl (C=O) groups is 3. The summed E-state index contributed by atoms with van der Waals surface area (Å²) < 4.78 is 5.66. The van der Waals surface area contributed by atoms with Crippen LogP contribution in [0.1, 0.15) is 57.1 Å². The van der Waals surface area contributed by atoms with Crippen LogP contribution in [0.25, 0.3) is 11.1 Å². The molecule has 3 atom stereocenters. The number of hydrogen-bond donors (Lipinski definition) is 2. The first-order chi connectivity index (χ1) is 16.8. The molecule has 0 unspecified atom stereocenters. The Morgan fingerprint density at radius 1 is 1.06 bits per heavy atom. The monoisotopic (exact) mass is 478 g/mol. The Balaban J connectivity index is 1.44. The Kier molecular flexibility index (Phi) is 7.43. The van der Waals surface area contributed by atoms with Gasteiger partial charge in [0.05, 0.1) is 5.92 Å². The van der Waals surface area contributed by atoms with Gasteiger partial charge >= 0.3 is 12.1 Å². The number of alkyl carbamates (subject to hydrolysis) is 1. The molecular weight excluding hydrogens is 444 g/mol. The van der Waals surface area contributed by atoms with Gasteiger partial charge in [-0.15, -0.1) is 0 Å².